The van der Waals surface area contributed by atoms with Crippen LogP contribution in [0.5, 0.6) is 5.75 Å². The van der Waals surface area contributed by atoms with Crippen molar-refractivity contribution in [1.82, 2.24) is 20.1 Å². The minimum Gasteiger partial charge on any atom is -0.482 e. The van der Waals surface area contributed by atoms with E-state index < -0.39 is 0 Å². The molecule has 0 aliphatic heterocycles. The molecule has 8 heteroatoms. The molecule has 0 saturated heterocycles. The van der Waals surface area contributed by atoms with Crippen molar-refractivity contribution in [3.8, 4) is 17.1 Å². The maximum atomic E-state index is 12.3. The molecule has 0 spiro atoms. The lowest BCUT2D eigenvalue weighted by atomic mass is 10.1. The van der Waals surface area contributed by atoms with Crippen LogP contribution in [0.4, 0.5) is 5.69 Å². The third-order valence-corrected chi connectivity index (χ3v) is 4.04. The van der Waals surface area contributed by atoms with Crippen molar-refractivity contribution >= 4 is 11.6 Å². The molecule has 0 aliphatic rings. The Hall–Kier alpha value is -4.07. The molecule has 0 bridgehead atoms. The van der Waals surface area contributed by atoms with Gasteiger partial charge < -0.3 is 14.6 Å². The van der Waals surface area contributed by atoms with E-state index in [9.17, 15) is 4.79 Å². The lowest BCUT2D eigenvalue weighted by Gasteiger charge is -2.10. The molecule has 29 heavy (non-hydrogen) atoms. The van der Waals surface area contributed by atoms with Crippen LogP contribution >= 0.6 is 0 Å². The number of aromatic nitrogens is 4. The smallest absolute Gasteiger partial charge is 0.262 e. The van der Waals surface area contributed by atoms with Gasteiger partial charge in [0, 0.05) is 29.8 Å². The number of hydrogen-bond acceptors (Lipinski definition) is 7. The molecule has 0 unspecified atom stereocenters. The van der Waals surface area contributed by atoms with E-state index >= 15 is 0 Å². The van der Waals surface area contributed by atoms with Gasteiger partial charge in [0.1, 0.15) is 5.75 Å². The molecule has 0 saturated carbocycles. The second-order valence-electron chi connectivity index (χ2n) is 6.11. The molecule has 0 radical (unpaired) electrons. The van der Waals surface area contributed by atoms with Crippen LogP contribution in [0, 0.1) is 0 Å². The number of ether oxygens (including phenoxy) is 1. The summed E-state index contributed by atoms with van der Waals surface area (Å²) in [4.78, 5) is 24.6. The van der Waals surface area contributed by atoms with Gasteiger partial charge in [0.15, 0.2) is 6.61 Å². The number of pyridine rings is 2. The number of benzene rings is 1. The van der Waals surface area contributed by atoms with E-state index in [0.29, 0.717) is 29.6 Å². The number of nitrogens with zero attached hydrogens (tertiary/aromatic N) is 4. The highest BCUT2D eigenvalue weighted by Gasteiger charge is 2.13. The van der Waals surface area contributed by atoms with Crippen molar-refractivity contribution in [2.45, 2.75) is 6.42 Å². The van der Waals surface area contributed by atoms with Crippen molar-refractivity contribution in [3.05, 3.63) is 84.8 Å². The first-order valence-corrected chi connectivity index (χ1v) is 8.91. The van der Waals surface area contributed by atoms with Crippen LogP contribution in [0.1, 0.15) is 11.5 Å². The van der Waals surface area contributed by atoms with Crippen LogP contribution in [0.3, 0.4) is 0 Å². The fraction of sp³-hybridized carbons (Fsp3) is 0.0952. The number of rotatable bonds is 7. The summed E-state index contributed by atoms with van der Waals surface area (Å²) in [6.45, 7) is -0.118. The second-order valence-corrected chi connectivity index (χ2v) is 6.11. The number of hydrogen-bond donors (Lipinski definition) is 1. The van der Waals surface area contributed by atoms with Crippen LogP contribution < -0.4 is 10.1 Å². The number of amides is 1. The van der Waals surface area contributed by atoms with E-state index in [4.69, 9.17) is 9.26 Å². The minimum absolute atomic E-state index is 0.118. The molecule has 1 aromatic carbocycles. The number of carbonyl (C=O) groups excluding carboxylic acids is 1. The van der Waals surface area contributed by atoms with Gasteiger partial charge in [0.2, 0.25) is 11.7 Å². The Balaban J connectivity index is 1.42. The summed E-state index contributed by atoms with van der Waals surface area (Å²) >= 11 is 0. The minimum atomic E-state index is -0.274. The molecular formula is C21H17N5O3. The Kier molecular flexibility index (Phi) is 5.52. The summed E-state index contributed by atoms with van der Waals surface area (Å²) in [7, 11) is 0. The Morgan fingerprint density at radius 1 is 1.00 bits per heavy atom. The van der Waals surface area contributed by atoms with Gasteiger partial charge in [-0.15, -0.1) is 0 Å². The van der Waals surface area contributed by atoms with Crippen molar-refractivity contribution in [2.75, 3.05) is 11.9 Å². The molecule has 8 nitrogen and oxygen atoms in total. The number of anilines is 1. The van der Waals surface area contributed by atoms with Gasteiger partial charge in [-0.25, -0.2) is 0 Å². The van der Waals surface area contributed by atoms with E-state index in [-0.39, 0.29) is 12.5 Å². The zero-order valence-corrected chi connectivity index (χ0v) is 15.4. The molecule has 144 valence electrons. The van der Waals surface area contributed by atoms with Gasteiger partial charge in [-0.2, -0.15) is 4.98 Å². The zero-order chi connectivity index (χ0) is 19.9. The molecule has 0 aliphatic carbocycles. The Morgan fingerprint density at radius 2 is 1.86 bits per heavy atom. The van der Waals surface area contributed by atoms with E-state index in [0.717, 1.165) is 11.1 Å². The van der Waals surface area contributed by atoms with E-state index in [2.05, 4.69) is 25.4 Å². The van der Waals surface area contributed by atoms with Crippen LogP contribution in [0.25, 0.3) is 11.4 Å². The average Bonchev–Trinajstić information content (AvgIpc) is 3.24. The van der Waals surface area contributed by atoms with Crippen molar-refractivity contribution < 1.29 is 14.1 Å². The second kappa shape index (κ2) is 8.75. The first-order valence-electron chi connectivity index (χ1n) is 8.91. The molecule has 4 rings (SSSR count). The van der Waals surface area contributed by atoms with Crippen LogP contribution in [0.15, 0.2) is 77.8 Å². The first kappa shape index (κ1) is 18.3. The van der Waals surface area contributed by atoms with Gasteiger partial charge in [0.05, 0.1) is 12.6 Å². The molecule has 0 atom stereocenters. The zero-order valence-electron chi connectivity index (χ0n) is 15.4. The maximum Gasteiger partial charge on any atom is 0.262 e. The van der Waals surface area contributed by atoms with Crippen molar-refractivity contribution in [2.24, 2.45) is 0 Å². The third kappa shape index (κ3) is 4.81. The van der Waals surface area contributed by atoms with E-state index in [1.807, 2.05) is 36.4 Å². The van der Waals surface area contributed by atoms with Gasteiger partial charge in [-0.3, -0.25) is 14.8 Å². The predicted molar refractivity (Wildman–Crippen MR) is 105 cm³/mol. The lowest BCUT2D eigenvalue weighted by molar-refractivity contribution is -0.118. The molecule has 0 fully saturated rings. The first-order chi connectivity index (χ1) is 14.3. The maximum absolute atomic E-state index is 12.3. The monoisotopic (exact) mass is 387 g/mol. The van der Waals surface area contributed by atoms with Crippen LogP contribution in [-0.2, 0) is 11.2 Å². The Bertz CT molecular complexity index is 1080. The standard InChI is InChI=1S/C21H17N5O3/c27-19(14-28-17-5-3-9-23-13-17)24-18-6-2-1-4-16(18)12-20-25-21(26-29-20)15-7-10-22-11-8-15/h1-11,13H,12,14H2,(H,24,27). The summed E-state index contributed by atoms with van der Waals surface area (Å²) in [5.41, 5.74) is 2.34. The van der Waals surface area contributed by atoms with Crippen LogP contribution in [0.2, 0.25) is 0 Å². The topological polar surface area (TPSA) is 103 Å². The fourth-order valence-electron chi connectivity index (χ4n) is 2.67. The van der Waals surface area contributed by atoms with Gasteiger partial charge >= 0.3 is 0 Å². The average molecular weight is 387 g/mol. The number of para-hydroxylation sites is 1. The van der Waals surface area contributed by atoms with Crippen molar-refractivity contribution in [3.63, 3.8) is 0 Å². The van der Waals surface area contributed by atoms with Gasteiger partial charge in [0.25, 0.3) is 5.91 Å². The predicted octanol–water partition coefficient (Wildman–Crippen LogP) is 3.13. The molecular weight excluding hydrogens is 370 g/mol. The summed E-state index contributed by atoms with van der Waals surface area (Å²) in [6, 6.07) is 14.5. The quantitative estimate of drug-likeness (QED) is 0.519. The van der Waals surface area contributed by atoms with Gasteiger partial charge in [-0.1, -0.05) is 23.4 Å². The molecule has 1 amide bonds. The summed E-state index contributed by atoms with van der Waals surface area (Å²) in [6.07, 6.45) is 6.92. The van der Waals surface area contributed by atoms with Crippen molar-refractivity contribution in [1.29, 1.82) is 0 Å². The largest absolute Gasteiger partial charge is 0.482 e. The molecule has 1 N–H and O–H groups in total. The highest BCUT2D eigenvalue weighted by atomic mass is 16.5. The summed E-state index contributed by atoms with van der Waals surface area (Å²) in [5.74, 6) is 1.20. The highest BCUT2D eigenvalue weighted by molar-refractivity contribution is 5.92. The number of carbonyl (C=O) groups is 1. The number of nitrogens with one attached hydrogen (secondary N) is 1. The SMILES string of the molecule is O=C(COc1cccnc1)Nc1ccccc1Cc1nc(-c2ccncc2)no1. The van der Waals surface area contributed by atoms with E-state index in [1.165, 1.54) is 0 Å². The highest BCUT2D eigenvalue weighted by Crippen LogP contribution is 2.21. The fourth-order valence-corrected chi connectivity index (χ4v) is 2.67. The summed E-state index contributed by atoms with van der Waals surface area (Å²) in [5, 5.41) is 6.87. The Labute approximate surface area is 166 Å². The Morgan fingerprint density at radius 3 is 2.69 bits per heavy atom. The normalized spacial score (nSPS) is 10.5. The molecule has 4 aromatic rings. The summed E-state index contributed by atoms with van der Waals surface area (Å²) < 4.78 is 10.8. The van der Waals surface area contributed by atoms with Crippen LogP contribution in [-0.4, -0.2) is 32.6 Å². The third-order valence-electron chi connectivity index (χ3n) is 4.04. The van der Waals surface area contributed by atoms with Gasteiger partial charge in [-0.05, 0) is 35.9 Å². The molecule has 3 aromatic heterocycles. The van der Waals surface area contributed by atoms with E-state index in [1.54, 1.807) is 36.9 Å². The molecule has 3 heterocycles. The lowest BCUT2D eigenvalue weighted by Crippen LogP contribution is -2.21.